The summed E-state index contributed by atoms with van der Waals surface area (Å²) >= 11 is 1.83. The van der Waals surface area contributed by atoms with Gasteiger partial charge in [-0.15, -0.1) is 10.2 Å². The molecule has 0 aliphatic carbocycles. The van der Waals surface area contributed by atoms with Crippen LogP contribution < -0.4 is 0 Å². The van der Waals surface area contributed by atoms with Crippen molar-refractivity contribution in [3.63, 3.8) is 0 Å². The van der Waals surface area contributed by atoms with E-state index < -0.39 is 0 Å². The Labute approximate surface area is 133 Å². The van der Waals surface area contributed by atoms with Crippen LogP contribution in [0, 0.1) is 6.92 Å². The van der Waals surface area contributed by atoms with E-state index in [0.717, 1.165) is 18.7 Å². The summed E-state index contributed by atoms with van der Waals surface area (Å²) in [6, 6.07) is 16.9. The molecule has 2 heterocycles. The van der Waals surface area contributed by atoms with Gasteiger partial charge in [0, 0.05) is 30.5 Å². The second kappa shape index (κ2) is 5.59. The number of nitrogens with zero attached hydrogens (tertiary/aromatic N) is 3. The average Bonchev–Trinajstić information content (AvgIpc) is 3.13. The molecule has 0 bridgehead atoms. The van der Waals surface area contributed by atoms with Gasteiger partial charge in [-0.1, -0.05) is 30.3 Å². The van der Waals surface area contributed by atoms with E-state index in [1.54, 1.807) is 6.92 Å². The van der Waals surface area contributed by atoms with Gasteiger partial charge < -0.3 is 4.42 Å². The van der Waals surface area contributed by atoms with Crippen LogP contribution in [0.5, 0.6) is 0 Å². The first-order valence-electron chi connectivity index (χ1n) is 7.18. The summed E-state index contributed by atoms with van der Waals surface area (Å²) < 4.78 is 7.82. The molecule has 0 saturated heterocycles. The van der Waals surface area contributed by atoms with Gasteiger partial charge in [0.1, 0.15) is 0 Å². The minimum absolute atomic E-state index is 0.576. The predicted molar refractivity (Wildman–Crippen MR) is 86.0 cm³/mol. The highest BCUT2D eigenvalue weighted by molar-refractivity contribution is 7.97. The molecule has 1 aromatic heterocycles. The lowest BCUT2D eigenvalue weighted by Gasteiger charge is -2.13. The first kappa shape index (κ1) is 13.5. The number of rotatable bonds is 3. The van der Waals surface area contributed by atoms with Crippen molar-refractivity contribution in [2.24, 2.45) is 0 Å². The number of aromatic nitrogens is 2. The lowest BCUT2D eigenvalue weighted by molar-refractivity contribution is 0.475. The molecule has 0 N–H and O–H groups in total. The maximum atomic E-state index is 5.45. The van der Waals surface area contributed by atoms with E-state index in [1.165, 1.54) is 16.0 Å². The van der Waals surface area contributed by atoms with Crippen LogP contribution in [-0.4, -0.2) is 14.5 Å². The zero-order valence-corrected chi connectivity index (χ0v) is 13.0. The van der Waals surface area contributed by atoms with Crippen molar-refractivity contribution in [1.29, 1.82) is 0 Å². The van der Waals surface area contributed by atoms with E-state index in [-0.39, 0.29) is 0 Å². The van der Waals surface area contributed by atoms with Gasteiger partial charge in [-0.2, -0.15) is 0 Å². The first-order valence-corrected chi connectivity index (χ1v) is 7.95. The maximum Gasteiger partial charge on any atom is 0.247 e. The highest BCUT2D eigenvalue weighted by Crippen LogP contribution is 2.36. The quantitative estimate of drug-likeness (QED) is 0.682. The number of benzene rings is 2. The fraction of sp³-hybridized carbons (Fsp3) is 0.176. The van der Waals surface area contributed by atoms with Crippen molar-refractivity contribution in [3.05, 3.63) is 65.5 Å². The third-order valence-corrected chi connectivity index (χ3v) is 4.74. The summed E-state index contributed by atoms with van der Waals surface area (Å²) in [7, 11) is 0. The molecule has 22 heavy (non-hydrogen) atoms. The van der Waals surface area contributed by atoms with Gasteiger partial charge in [-0.3, -0.25) is 0 Å². The molecule has 2 aromatic carbocycles. The van der Waals surface area contributed by atoms with Crippen LogP contribution in [0.3, 0.4) is 0 Å². The highest BCUT2D eigenvalue weighted by Gasteiger charge is 2.19. The van der Waals surface area contributed by atoms with E-state index >= 15 is 0 Å². The molecule has 110 valence electrons. The van der Waals surface area contributed by atoms with Gasteiger partial charge in [-0.25, -0.2) is 4.31 Å². The van der Waals surface area contributed by atoms with Crippen LogP contribution in [-0.2, 0) is 13.1 Å². The molecular weight excluding hydrogens is 294 g/mol. The van der Waals surface area contributed by atoms with Gasteiger partial charge in [0.2, 0.25) is 11.8 Å². The number of aryl methyl sites for hydroxylation is 1. The standard InChI is InChI=1S/C17H15N3OS/c1-12-18-19-17(21-12)14-8-6-13(7-9-14)10-20-11-15-4-2-3-5-16(15)22-20/h2-9H,10-11H2,1H3. The minimum Gasteiger partial charge on any atom is -0.421 e. The topological polar surface area (TPSA) is 42.2 Å². The van der Waals surface area contributed by atoms with Crippen LogP contribution >= 0.6 is 11.9 Å². The molecule has 3 aromatic rings. The Kier molecular flexibility index (Phi) is 3.44. The van der Waals surface area contributed by atoms with Crippen LogP contribution in [0.1, 0.15) is 17.0 Å². The lowest BCUT2D eigenvalue weighted by Crippen LogP contribution is -2.09. The van der Waals surface area contributed by atoms with E-state index in [0.29, 0.717) is 11.8 Å². The lowest BCUT2D eigenvalue weighted by atomic mass is 10.1. The smallest absolute Gasteiger partial charge is 0.247 e. The van der Waals surface area contributed by atoms with Crippen LogP contribution in [0.25, 0.3) is 11.5 Å². The Morgan fingerprint density at radius 1 is 1.09 bits per heavy atom. The largest absolute Gasteiger partial charge is 0.421 e. The Balaban J connectivity index is 1.46. The Morgan fingerprint density at radius 3 is 2.64 bits per heavy atom. The second-order valence-electron chi connectivity index (χ2n) is 5.32. The van der Waals surface area contributed by atoms with Crippen LogP contribution in [0.4, 0.5) is 0 Å². The number of hydrogen-bond acceptors (Lipinski definition) is 5. The summed E-state index contributed by atoms with van der Waals surface area (Å²) in [5.41, 5.74) is 3.65. The molecule has 0 unspecified atom stereocenters. The molecule has 0 amide bonds. The molecule has 4 nitrogen and oxygen atoms in total. The molecule has 5 heteroatoms. The van der Waals surface area contributed by atoms with Crippen molar-refractivity contribution in [2.45, 2.75) is 24.9 Å². The first-order chi connectivity index (χ1) is 10.8. The van der Waals surface area contributed by atoms with Crippen LogP contribution in [0.2, 0.25) is 0 Å². The predicted octanol–water partition coefficient (Wildman–Crippen LogP) is 4.07. The molecular formula is C17H15N3OS. The Morgan fingerprint density at radius 2 is 1.91 bits per heavy atom. The summed E-state index contributed by atoms with van der Waals surface area (Å²) in [5, 5.41) is 7.91. The monoisotopic (exact) mass is 309 g/mol. The van der Waals surface area contributed by atoms with Crippen molar-refractivity contribution in [1.82, 2.24) is 14.5 Å². The van der Waals surface area contributed by atoms with E-state index in [4.69, 9.17) is 4.42 Å². The van der Waals surface area contributed by atoms with Crippen molar-refractivity contribution in [3.8, 4) is 11.5 Å². The van der Waals surface area contributed by atoms with Crippen molar-refractivity contribution < 1.29 is 4.42 Å². The molecule has 0 fully saturated rings. The Bertz CT molecular complexity index is 773. The summed E-state index contributed by atoms with van der Waals surface area (Å²) in [5.74, 6) is 1.16. The highest BCUT2D eigenvalue weighted by atomic mass is 32.2. The van der Waals surface area contributed by atoms with Crippen molar-refractivity contribution in [2.75, 3.05) is 0 Å². The average molecular weight is 309 g/mol. The SMILES string of the molecule is Cc1nnc(-c2ccc(CN3Cc4ccccc4S3)cc2)o1. The molecule has 0 atom stereocenters. The third kappa shape index (κ3) is 2.65. The normalized spacial score (nSPS) is 14.2. The second-order valence-corrected chi connectivity index (χ2v) is 6.46. The molecule has 1 aliphatic heterocycles. The van der Waals surface area contributed by atoms with E-state index in [1.807, 2.05) is 24.1 Å². The summed E-state index contributed by atoms with van der Waals surface area (Å²) in [6.07, 6.45) is 0. The fourth-order valence-electron chi connectivity index (χ4n) is 2.54. The zero-order chi connectivity index (χ0) is 14.9. The van der Waals surface area contributed by atoms with Crippen LogP contribution in [0.15, 0.2) is 57.8 Å². The van der Waals surface area contributed by atoms with Gasteiger partial charge in [0.05, 0.1) is 0 Å². The fourth-order valence-corrected chi connectivity index (χ4v) is 3.63. The van der Waals surface area contributed by atoms with Gasteiger partial charge in [-0.05, 0) is 41.3 Å². The minimum atomic E-state index is 0.576. The van der Waals surface area contributed by atoms with E-state index in [2.05, 4.69) is 50.9 Å². The maximum absolute atomic E-state index is 5.45. The zero-order valence-electron chi connectivity index (χ0n) is 12.2. The van der Waals surface area contributed by atoms with Gasteiger partial charge in [0.15, 0.2) is 0 Å². The van der Waals surface area contributed by atoms with E-state index in [9.17, 15) is 0 Å². The number of fused-ring (bicyclic) bond motifs is 1. The molecule has 0 spiro atoms. The third-order valence-electron chi connectivity index (χ3n) is 3.63. The number of hydrogen-bond donors (Lipinski definition) is 0. The molecule has 0 radical (unpaired) electrons. The molecule has 0 saturated carbocycles. The molecule has 4 rings (SSSR count). The summed E-state index contributed by atoms with van der Waals surface area (Å²) in [4.78, 5) is 1.36. The summed E-state index contributed by atoms with van der Waals surface area (Å²) in [6.45, 7) is 3.71. The van der Waals surface area contributed by atoms with Crippen molar-refractivity contribution >= 4 is 11.9 Å². The van der Waals surface area contributed by atoms with Gasteiger partial charge in [0.25, 0.3) is 0 Å². The molecule has 1 aliphatic rings. The Hall–Kier alpha value is -2.11. The van der Waals surface area contributed by atoms with Gasteiger partial charge >= 0.3 is 0 Å².